The minimum absolute atomic E-state index is 0.187. The third kappa shape index (κ3) is 6.43. The zero-order valence-electron chi connectivity index (χ0n) is 17.3. The number of benzene rings is 2. The van der Waals surface area contributed by atoms with Crippen molar-refractivity contribution in [3.63, 3.8) is 0 Å². The van der Waals surface area contributed by atoms with E-state index in [2.05, 4.69) is 5.16 Å². The zero-order chi connectivity index (χ0) is 20.4. The van der Waals surface area contributed by atoms with Crippen LogP contribution < -0.4 is 9.47 Å². The summed E-state index contributed by atoms with van der Waals surface area (Å²) in [4.78, 5) is 4.80. The Bertz CT molecular complexity index is 787. The van der Waals surface area contributed by atoms with E-state index < -0.39 is 0 Å². The fourth-order valence-electron chi connectivity index (χ4n) is 2.75. The highest BCUT2D eigenvalue weighted by Crippen LogP contribution is 2.28. The lowest BCUT2D eigenvalue weighted by Crippen LogP contribution is -2.06. The van der Waals surface area contributed by atoms with Gasteiger partial charge in [-0.2, -0.15) is 0 Å². The average molecular weight is 383 g/mol. The van der Waals surface area contributed by atoms with Crippen LogP contribution in [0.2, 0.25) is 0 Å². The summed E-state index contributed by atoms with van der Waals surface area (Å²) in [6.07, 6.45) is 3.94. The van der Waals surface area contributed by atoms with Crippen molar-refractivity contribution in [3.8, 4) is 11.5 Å². The van der Waals surface area contributed by atoms with Crippen molar-refractivity contribution in [3.05, 3.63) is 70.8 Å². The molecule has 150 valence electrons. The van der Waals surface area contributed by atoms with Crippen LogP contribution in [0.3, 0.4) is 0 Å². The van der Waals surface area contributed by atoms with E-state index in [-0.39, 0.29) is 6.79 Å². The minimum atomic E-state index is 0.187. The summed E-state index contributed by atoms with van der Waals surface area (Å²) in [6, 6.07) is 12.0. The van der Waals surface area contributed by atoms with Crippen LogP contribution in [-0.4, -0.2) is 26.2 Å². The normalized spacial score (nSPS) is 11.7. The molecule has 0 radical (unpaired) electrons. The molecule has 28 heavy (non-hydrogen) atoms. The van der Waals surface area contributed by atoms with E-state index in [9.17, 15) is 0 Å². The van der Waals surface area contributed by atoms with Crippen molar-refractivity contribution in [2.24, 2.45) is 5.16 Å². The molecule has 0 aromatic heterocycles. The second-order valence-corrected chi connectivity index (χ2v) is 6.43. The van der Waals surface area contributed by atoms with Gasteiger partial charge in [0.2, 0.25) is 0 Å². The van der Waals surface area contributed by atoms with Gasteiger partial charge in [0.15, 0.2) is 6.79 Å². The zero-order valence-corrected chi connectivity index (χ0v) is 17.3. The van der Waals surface area contributed by atoms with Gasteiger partial charge in [0.25, 0.3) is 0 Å². The Hall–Kier alpha value is -2.79. The fraction of sp³-hybridized carbons (Fsp3) is 0.348. The van der Waals surface area contributed by atoms with E-state index in [0.717, 1.165) is 39.5 Å². The topological polar surface area (TPSA) is 49.3 Å². The summed E-state index contributed by atoms with van der Waals surface area (Å²) >= 11 is 0. The van der Waals surface area contributed by atoms with E-state index in [1.165, 1.54) is 0 Å². The standard InChI is InChI=1S/C23H29NO4/c1-6-7-12-27-22-13-17(2)23(18(3)14-22)28-16-26-15-20-8-10-21(11-9-20)19(4)24-25-5/h6-11,13-14H,12,15-16H2,1-5H3/b7-6+,24-19+. The molecule has 0 aliphatic carbocycles. The molecular formula is C23H29NO4. The molecular weight excluding hydrogens is 354 g/mol. The minimum Gasteiger partial charge on any atom is -0.490 e. The SMILES string of the molecule is C/C=C/COc1cc(C)c(OCOCc2ccc(/C(C)=N/OC)cc2)c(C)c1. The summed E-state index contributed by atoms with van der Waals surface area (Å²) in [5, 5.41) is 3.93. The maximum absolute atomic E-state index is 5.84. The molecule has 5 nitrogen and oxygen atoms in total. The number of ether oxygens (including phenoxy) is 3. The van der Waals surface area contributed by atoms with Gasteiger partial charge in [0.1, 0.15) is 25.2 Å². The van der Waals surface area contributed by atoms with E-state index in [1.807, 2.05) is 76.2 Å². The van der Waals surface area contributed by atoms with Gasteiger partial charge in [-0.1, -0.05) is 41.6 Å². The van der Waals surface area contributed by atoms with Crippen LogP contribution in [0.4, 0.5) is 0 Å². The van der Waals surface area contributed by atoms with Gasteiger partial charge < -0.3 is 19.0 Å². The number of allylic oxidation sites excluding steroid dienone is 1. The van der Waals surface area contributed by atoms with Gasteiger partial charge >= 0.3 is 0 Å². The molecule has 0 unspecified atom stereocenters. The molecule has 0 amide bonds. The average Bonchev–Trinajstić information content (AvgIpc) is 2.67. The lowest BCUT2D eigenvalue weighted by atomic mass is 10.1. The van der Waals surface area contributed by atoms with Crippen molar-refractivity contribution < 1.29 is 19.0 Å². The van der Waals surface area contributed by atoms with E-state index in [1.54, 1.807) is 7.11 Å². The van der Waals surface area contributed by atoms with Crippen LogP contribution in [0.1, 0.15) is 36.1 Å². The summed E-state index contributed by atoms with van der Waals surface area (Å²) in [6.45, 7) is 9.12. The molecule has 0 saturated carbocycles. The van der Waals surface area contributed by atoms with Gasteiger partial charge in [-0.3, -0.25) is 0 Å². The Kier molecular flexibility index (Phi) is 8.56. The van der Waals surface area contributed by atoms with Crippen molar-refractivity contribution in [1.82, 2.24) is 0 Å². The Balaban J connectivity index is 1.85. The molecule has 0 heterocycles. The number of hydrogen-bond acceptors (Lipinski definition) is 5. The first kappa shape index (κ1) is 21.5. The van der Waals surface area contributed by atoms with Crippen LogP contribution in [0.15, 0.2) is 53.7 Å². The molecule has 2 aromatic rings. The Morgan fingerprint density at radius 2 is 1.71 bits per heavy atom. The van der Waals surface area contributed by atoms with Gasteiger partial charge in [-0.15, -0.1) is 0 Å². The van der Waals surface area contributed by atoms with Gasteiger partial charge in [-0.05, 0) is 62.1 Å². The maximum Gasteiger partial charge on any atom is 0.189 e. The van der Waals surface area contributed by atoms with Crippen LogP contribution in [-0.2, 0) is 16.2 Å². The number of rotatable bonds is 10. The number of oxime groups is 1. The molecule has 0 atom stereocenters. The molecule has 0 fully saturated rings. The highest BCUT2D eigenvalue weighted by molar-refractivity contribution is 5.98. The second-order valence-electron chi connectivity index (χ2n) is 6.43. The first-order chi connectivity index (χ1) is 13.5. The lowest BCUT2D eigenvalue weighted by molar-refractivity contribution is 0.00428. The van der Waals surface area contributed by atoms with E-state index in [4.69, 9.17) is 19.0 Å². The molecule has 0 spiro atoms. The highest BCUT2D eigenvalue weighted by Gasteiger charge is 2.07. The van der Waals surface area contributed by atoms with Gasteiger partial charge in [-0.25, -0.2) is 0 Å². The molecule has 2 aromatic carbocycles. The molecule has 0 aliphatic rings. The summed E-state index contributed by atoms with van der Waals surface area (Å²) in [7, 11) is 1.54. The largest absolute Gasteiger partial charge is 0.490 e. The molecule has 0 saturated heterocycles. The molecule has 0 aliphatic heterocycles. The number of hydrogen-bond donors (Lipinski definition) is 0. The molecule has 5 heteroatoms. The number of nitrogens with zero attached hydrogens (tertiary/aromatic N) is 1. The predicted molar refractivity (Wildman–Crippen MR) is 112 cm³/mol. The van der Waals surface area contributed by atoms with Crippen molar-refractivity contribution in [2.75, 3.05) is 20.5 Å². The summed E-state index contributed by atoms with van der Waals surface area (Å²) < 4.78 is 17.2. The Labute approximate surface area is 167 Å². The maximum atomic E-state index is 5.84. The third-order valence-electron chi connectivity index (χ3n) is 4.17. The second kappa shape index (κ2) is 11.1. The molecule has 2 rings (SSSR count). The fourth-order valence-corrected chi connectivity index (χ4v) is 2.75. The highest BCUT2D eigenvalue weighted by atomic mass is 16.7. The third-order valence-corrected chi connectivity index (χ3v) is 4.17. The Morgan fingerprint density at radius 1 is 1.04 bits per heavy atom. The quantitative estimate of drug-likeness (QED) is 0.186. The van der Waals surface area contributed by atoms with Crippen LogP contribution >= 0.6 is 0 Å². The van der Waals surface area contributed by atoms with Crippen molar-refractivity contribution >= 4 is 5.71 Å². The summed E-state index contributed by atoms with van der Waals surface area (Å²) in [5.74, 6) is 1.67. The first-order valence-corrected chi connectivity index (χ1v) is 9.28. The van der Waals surface area contributed by atoms with Crippen LogP contribution in [0.5, 0.6) is 11.5 Å². The predicted octanol–water partition coefficient (Wildman–Crippen LogP) is 5.18. The van der Waals surface area contributed by atoms with E-state index >= 15 is 0 Å². The van der Waals surface area contributed by atoms with Crippen LogP contribution in [0.25, 0.3) is 0 Å². The Morgan fingerprint density at radius 3 is 2.32 bits per heavy atom. The molecule has 0 bridgehead atoms. The smallest absolute Gasteiger partial charge is 0.189 e. The first-order valence-electron chi connectivity index (χ1n) is 9.28. The molecule has 0 N–H and O–H groups in total. The van der Waals surface area contributed by atoms with Crippen molar-refractivity contribution in [1.29, 1.82) is 0 Å². The van der Waals surface area contributed by atoms with E-state index in [0.29, 0.717) is 13.2 Å². The van der Waals surface area contributed by atoms with Crippen LogP contribution in [0, 0.1) is 13.8 Å². The van der Waals surface area contributed by atoms with Gasteiger partial charge in [0.05, 0.1) is 12.3 Å². The number of aryl methyl sites for hydroxylation is 2. The lowest BCUT2D eigenvalue weighted by Gasteiger charge is -2.14. The van der Waals surface area contributed by atoms with Crippen molar-refractivity contribution in [2.45, 2.75) is 34.3 Å². The monoisotopic (exact) mass is 383 g/mol. The summed E-state index contributed by atoms with van der Waals surface area (Å²) in [5.41, 5.74) is 4.97. The van der Waals surface area contributed by atoms with Gasteiger partial charge in [0, 0.05) is 0 Å².